The highest BCUT2D eigenvalue weighted by Crippen LogP contribution is 2.17. The molecule has 0 saturated heterocycles. The fourth-order valence-electron chi connectivity index (χ4n) is 2.34. The lowest BCUT2D eigenvalue weighted by atomic mass is 10.0. The van der Waals surface area contributed by atoms with Gasteiger partial charge in [0.2, 0.25) is 0 Å². The lowest BCUT2D eigenvalue weighted by molar-refractivity contribution is 1.08. The fourth-order valence-corrected chi connectivity index (χ4v) is 2.34. The summed E-state index contributed by atoms with van der Waals surface area (Å²) >= 11 is 0. The molecule has 0 aliphatic carbocycles. The van der Waals surface area contributed by atoms with Crippen molar-refractivity contribution in [2.75, 3.05) is 0 Å². The number of hydrogen-bond acceptors (Lipinski definition) is 2. The van der Waals surface area contributed by atoms with Crippen molar-refractivity contribution in [1.29, 1.82) is 5.26 Å². The summed E-state index contributed by atoms with van der Waals surface area (Å²) in [5.41, 5.74) is 5.25. The molecule has 0 atom stereocenters. The molecular weight excluding hydrogens is 244 g/mol. The summed E-state index contributed by atoms with van der Waals surface area (Å²) in [6.07, 6.45) is 0.836. The van der Waals surface area contributed by atoms with Gasteiger partial charge in [-0.05, 0) is 42.3 Å². The van der Waals surface area contributed by atoms with E-state index in [9.17, 15) is 0 Å². The van der Waals surface area contributed by atoms with E-state index in [1.165, 1.54) is 11.1 Å². The zero-order chi connectivity index (χ0) is 13.9. The number of fused-ring (bicyclic) bond motifs is 1. The SMILES string of the molecule is Cc1ccccc1Cc1ccc2cc(C#N)ccc2n1. The van der Waals surface area contributed by atoms with Gasteiger partial charge in [0.15, 0.2) is 0 Å². The second-order valence-corrected chi connectivity index (χ2v) is 4.93. The van der Waals surface area contributed by atoms with Crippen molar-refractivity contribution in [3.8, 4) is 6.07 Å². The van der Waals surface area contributed by atoms with Crippen LogP contribution in [0.5, 0.6) is 0 Å². The van der Waals surface area contributed by atoms with Crippen LogP contribution in [-0.2, 0) is 6.42 Å². The third-order valence-corrected chi connectivity index (χ3v) is 3.51. The van der Waals surface area contributed by atoms with Gasteiger partial charge in [0.25, 0.3) is 0 Å². The summed E-state index contributed by atoms with van der Waals surface area (Å²) in [6.45, 7) is 2.12. The lowest BCUT2D eigenvalue weighted by Crippen LogP contribution is -1.95. The Hall–Kier alpha value is -2.66. The number of rotatable bonds is 2. The van der Waals surface area contributed by atoms with E-state index in [4.69, 9.17) is 5.26 Å². The second kappa shape index (κ2) is 5.14. The number of pyridine rings is 1. The average molecular weight is 258 g/mol. The number of benzene rings is 2. The third kappa shape index (κ3) is 2.39. The minimum absolute atomic E-state index is 0.672. The number of nitrogens with zero attached hydrogens (tertiary/aromatic N) is 2. The Morgan fingerprint density at radius 1 is 1.05 bits per heavy atom. The molecule has 96 valence electrons. The van der Waals surface area contributed by atoms with E-state index in [1.54, 1.807) is 0 Å². The van der Waals surface area contributed by atoms with Crippen molar-refractivity contribution >= 4 is 10.9 Å². The van der Waals surface area contributed by atoms with E-state index in [-0.39, 0.29) is 0 Å². The summed E-state index contributed by atoms with van der Waals surface area (Å²) in [4.78, 5) is 4.68. The smallest absolute Gasteiger partial charge is 0.0991 e. The van der Waals surface area contributed by atoms with Crippen LogP contribution in [0, 0.1) is 18.3 Å². The molecule has 3 aromatic rings. The summed E-state index contributed by atoms with van der Waals surface area (Å²) in [6, 6.07) is 20.2. The van der Waals surface area contributed by atoms with Crippen molar-refractivity contribution in [2.45, 2.75) is 13.3 Å². The minimum atomic E-state index is 0.672. The van der Waals surface area contributed by atoms with Gasteiger partial charge >= 0.3 is 0 Å². The first-order chi connectivity index (χ1) is 9.76. The zero-order valence-electron chi connectivity index (χ0n) is 11.3. The molecule has 0 spiro atoms. The topological polar surface area (TPSA) is 36.7 Å². The van der Waals surface area contributed by atoms with E-state index < -0.39 is 0 Å². The van der Waals surface area contributed by atoms with Crippen LogP contribution in [0.15, 0.2) is 54.6 Å². The van der Waals surface area contributed by atoms with Crippen LogP contribution in [0.3, 0.4) is 0 Å². The second-order valence-electron chi connectivity index (χ2n) is 4.93. The molecule has 0 radical (unpaired) electrons. The molecule has 0 aliphatic rings. The van der Waals surface area contributed by atoms with Crippen molar-refractivity contribution in [2.24, 2.45) is 0 Å². The standard InChI is InChI=1S/C18H14N2/c1-13-4-2-3-5-15(13)11-17-8-7-16-10-14(12-19)6-9-18(16)20-17/h2-10H,11H2,1H3. The Morgan fingerprint density at radius 3 is 2.70 bits per heavy atom. The lowest BCUT2D eigenvalue weighted by Gasteiger charge is -2.06. The van der Waals surface area contributed by atoms with Gasteiger partial charge in [-0.25, -0.2) is 0 Å². The number of hydrogen-bond donors (Lipinski definition) is 0. The van der Waals surface area contributed by atoms with E-state index in [0.717, 1.165) is 23.0 Å². The maximum absolute atomic E-state index is 8.91. The molecule has 0 N–H and O–H groups in total. The van der Waals surface area contributed by atoms with Gasteiger partial charge in [-0.3, -0.25) is 4.98 Å². The Bertz CT molecular complexity index is 813. The van der Waals surface area contributed by atoms with Gasteiger partial charge < -0.3 is 0 Å². The highest BCUT2D eigenvalue weighted by molar-refractivity contribution is 5.80. The molecule has 3 rings (SSSR count). The first kappa shape index (κ1) is 12.4. The Labute approximate surface area is 118 Å². The highest BCUT2D eigenvalue weighted by Gasteiger charge is 2.03. The molecule has 2 nitrogen and oxygen atoms in total. The van der Waals surface area contributed by atoms with Crippen LogP contribution >= 0.6 is 0 Å². The van der Waals surface area contributed by atoms with Crippen molar-refractivity contribution in [1.82, 2.24) is 4.98 Å². The maximum atomic E-state index is 8.91. The van der Waals surface area contributed by atoms with Crippen LogP contribution in [-0.4, -0.2) is 4.98 Å². The molecule has 2 aromatic carbocycles. The van der Waals surface area contributed by atoms with Crippen molar-refractivity contribution < 1.29 is 0 Å². The number of aromatic nitrogens is 1. The molecular formula is C18H14N2. The molecule has 0 saturated carbocycles. The molecule has 0 unspecified atom stereocenters. The Morgan fingerprint density at radius 2 is 1.90 bits per heavy atom. The molecule has 0 aliphatic heterocycles. The third-order valence-electron chi connectivity index (χ3n) is 3.51. The van der Waals surface area contributed by atoms with Gasteiger partial charge in [-0.2, -0.15) is 5.26 Å². The first-order valence-electron chi connectivity index (χ1n) is 6.60. The Kier molecular flexibility index (Phi) is 3.18. The van der Waals surface area contributed by atoms with E-state index in [0.29, 0.717) is 5.56 Å². The van der Waals surface area contributed by atoms with Gasteiger partial charge in [-0.1, -0.05) is 30.3 Å². The van der Waals surface area contributed by atoms with Gasteiger partial charge in [0, 0.05) is 17.5 Å². The van der Waals surface area contributed by atoms with Crippen molar-refractivity contribution in [3.63, 3.8) is 0 Å². The number of aryl methyl sites for hydroxylation is 1. The molecule has 1 heterocycles. The molecule has 1 aromatic heterocycles. The van der Waals surface area contributed by atoms with Crippen molar-refractivity contribution in [3.05, 3.63) is 77.0 Å². The zero-order valence-corrected chi connectivity index (χ0v) is 11.3. The van der Waals surface area contributed by atoms with Gasteiger partial charge in [0.05, 0.1) is 17.1 Å². The molecule has 2 heteroatoms. The van der Waals surface area contributed by atoms with Crippen LogP contribution in [0.4, 0.5) is 0 Å². The van der Waals surface area contributed by atoms with Crippen LogP contribution in [0.2, 0.25) is 0 Å². The van der Waals surface area contributed by atoms with E-state index >= 15 is 0 Å². The quantitative estimate of drug-likeness (QED) is 0.696. The van der Waals surface area contributed by atoms with Crippen LogP contribution < -0.4 is 0 Å². The maximum Gasteiger partial charge on any atom is 0.0991 e. The molecule has 0 fully saturated rings. The summed E-state index contributed by atoms with van der Waals surface area (Å²) < 4.78 is 0. The van der Waals surface area contributed by atoms with Gasteiger partial charge in [0.1, 0.15) is 0 Å². The van der Waals surface area contributed by atoms with E-state index in [2.05, 4.69) is 42.2 Å². The molecule has 0 bridgehead atoms. The summed E-state index contributed by atoms with van der Waals surface area (Å²) in [5.74, 6) is 0. The largest absolute Gasteiger partial charge is 0.252 e. The first-order valence-corrected chi connectivity index (χ1v) is 6.60. The van der Waals surface area contributed by atoms with E-state index in [1.807, 2.05) is 30.3 Å². The number of nitriles is 1. The fraction of sp³-hybridized carbons (Fsp3) is 0.111. The highest BCUT2D eigenvalue weighted by atomic mass is 14.7. The molecule has 0 amide bonds. The van der Waals surface area contributed by atoms with Crippen LogP contribution in [0.1, 0.15) is 22.4 Å². The summed E-state index contributed by atoms with van der Waals surface area (Å²) in [5, 5.41) is 9.92. The monoisotopic (exact) mass is 258 g/mol. The van der Waals surface area contributed by atoms with Crippen LogP contribution in [0.25, 0.3) is 10.9 Å². The molecule has 20 heavy (non-hydrogen) atoms. The predicted octanol–water partition coefficient (Wildman–Crippen LogP) is 4.01. The summed E-state index contributed by atoms with van der Waals surface area (Å²) in [7, 11) is 0. The average Bonchev–Trinajstić information content (AvgIpc) is 2.49. The Balaban J connectivity index is 1.98. The van der Waals surface area contributed by atoms with Gasteiger partial charge in [-0.15, -0.1) is 0 Å². The normalized spacial score (nSPS) is 10.4. The predicted molar refractivity (Wildman–Crippen MR) is 80.4 cm³/mol. The minimum Gasteiger partial charge on any atom is -0.252 e.